The van der Waals surface area contributed by atoms with Crippen LogP contribution < -0.4 is 0 Å². The van der Waals surface area contributed by atoms with Crippen molar-refractivity contribution in [1.82, 2.24) is 0 Å². The molecule has 4 unspecified atom stereocenters. The smallest absolute Gasteiger partial charge is 0.0414 e. The molecule has 0 fully saturated rings. The van der Waals surface area contributed by atoms with Crippen molar-refractivity contribution in [1.29, 1.82) is 0 Å². The van der Waals surface area contributed by atoms with Crippen molar-refractivity contribution < 1.29 is 0 Å². The van der Waals surface area contributed by atoms with Gasteiger partial charge in [-0.2, -0.15) is 0 Å². The third-order valence-electron chi connectivity index (χ3n) is 4.86. The van der Waals surface area contributed by atoms with Crippen LogP contribution in [0.3, 0.4) is 0 Å². The molecule has 4 atom stereocenters. The molecule has 0 aromatic carbocycles. The lowest BCUT2D eigenvalue weighted by Gasteiger charge is -2.26. The maximum atomic E-state index is 2.46. The van der Waals surface area contributed by atoms with Crippen molar-refractivity contribution in [2.45, 2.75) is 81.1 Å². The summed E-state index contributed by atoms with van der Waals surface area (Å²) < 4.78 is 0. The summed E-state index contributed by atoms with van der Waals surface area (Å²) in [4.78, 5) is 0. The molecule has 0 aliphatic carbocycles. The second-order valence-corrected chi connectivity index (χ2v) is 7.72. The lowest BCUT2D eigenvalue weighted by atomic mass is 9.80. The van der Waals surface area contributed by atoms with Crippen LogP contribution in [0.2, 0.25) is 0 Å². The highest BCUT2D eigenvalue weighted by Gasteiger charge is 2.18. The van der Waals surface area contributed by atoms with Gasteiger partial charge in [-0.05, 0) is 48.3 Å². The summed E-state index contributed by atoms with van der Waals surface area (Å²) in [6, 6.07) is 0. The molecule has 0 rings (SSSR count). The van der Waals surface area contributed by atoms with E-state index in [4.69, 9.17) is 0 Å². The van der Waals surface area contributed by atoms with E-state index in [1.807, 2.05) is 0 Å². The highest BCUT2D eigenvalue weighted by Crippen LogP contribution is 2.29. The van der Waals surface area contributed by atoms with Crippen molar-refractivity contribution in [3.05, 3.63) is 0 Å². The molecule has 0 aliphatic heterocycles. The molecule has 0 saturated heterocycles. The fourth-order valence-electron chi connectivity index (χ4n) is 2.75. The molecule has 110 valence electrons. The van der Waals surface area contributed by atoms with Crippen molar-refractivity contribution >= 4 is 0 Å². The van der Waals surface area contributed by atoms with E-state index >= 15 is 0 Å². The molecule has 0 aromatic heterocycles. The van der Waals surface area contributed by atoms with Crippen LogP contribution in [0.15, 0.2) is 0 Å². The van der Waals surface area contributed by atoms with E-state index in [2.05, 4.69) is 55.4 Å². The van der Waals surface area contributed by atoms with Crippen LogP contribution in [0.25, 0.3) is 0 Å². The molecule has 0 bridgehead atoms. The Bertz CT molecular complexity index is 192. The van der Waals surface area contributed by atoms with Gasteiger partial charge in [-0.25, -0.2) is 0 Å². The van der Waals surface area contributed by atoms with Crippen LogP contribution in [-0.2, 0) is 0 Å². The van der Waals surface area contributed by atoms with E-state index in [-0.39, 0.29) is 0 Å². The highest BCUT2D eigenvalue weighted by molar-refractivity contribution is 4.69. The van der Waals surface area contributed by atoms with Crippen LogP contribution in [0.4, 0.5) is 0 Å². The monoisotopic (exact) mass is 254 g/mol. The van der Waals surface area contributed by atoms with Gasteiger partial charge in [0.1, 0.15) is 0 Å². The summed E-state index contributed by atoms with van der Waals surface area (Å²) >= 11 is 0. The molecule has 18 heavy (non-hydrogen) atoms. The van der Waals surface area contributed by atoms with Gasteiger partial charge in [0.2, 0.25) is 0 Å². The zero-order valence-corrected chi connectivity index (χ0v) is 14.3. The van der Waals surface area contributed by atoms with Crippen LogP contribution in [0.1, 0.15) is 81.1 Å². The summed E-state index contributed by atoms with van der Waals surface area (Å²) in [5.74, 6) is 5.23. The minimum atomic E-state index is 0.834. The van der Waals surface area contributed by atoms with Gasteiger partial charge >= 0.3 is 0 Å². The van der Waals surface area contributed by atoms with E-state index < -0.39 is 0 Å². The molecular weight excluding hydrogens is 216 g/mol. The Morgan fingerprint density at radius 3 is 1.50 bits per heavy atom. The maximum absolute atomic E-state index is 2.46. The fraction of sp³-hybridized carbons (Fsp3) is 1.00. The molecule has 0 saturated carbocycles. The first-order valence-electron chi connectivity index (χ1n) is 8.23. The molecule has 0 nitrogen and oxygen atoms in total. The van der Waals surface area contributed by atoms with Crippen LogP contribution >= 0.6 is 0 Å². The molecule has 0 aromatic rings. The third-order valence-corrected chi connectivity index (χ3v) is 4.86. The first kappa shape index (κ1) is 18.0. The molecule has 0 heterocycles. The zero-order valence-electron chi connectivity index (χ0n) is 14.3. The van der Waals surface area contributed by atoms with E-state index in [9.17, 15) is 0 Å². The lowest BCUT2D eigenvalue weighted by Crippen LogP contribution is -2.16. The summed E-state index contributed by atoms with van der Waals surface area (Å²) in [7, 11) is 0. The second-order valence-electron chi connectivity index (χ2n) is 7.72. The van der Waals surface area contributed by atoms with Crippen LogP contribution in [0.5, 0.6) is 0 Å². The van der Waals surface area contributed by atoms with Crippen molar-refractivity contribution in [2.75, 3.05) is 0 Å². The fourth-order valence-corrected chi connectivity index (χ4v) is 2.75. The van der Waals surface area contributed by atoms with Crippen LogP contribution in [0, 0.1) is 35.5 Å². The van der Waals surface area contributed by atoms with Gasteiger partial charge < -0.3 is 0 Å². The minimum Gasteiger partial charge on any atom is -0.0628 e. The van der Waals surface area contributed by atoms with E-state index in [1.165, 1.54) is 25.7 Å². The van der Waals surface area contributed by atoms with Crippen molar-refractivity contribution in [2.24, 2.45) is 35.5 Å². The molecule has 0 radical (unpaired) electrons. The maximum Gasteiger partial charge on any atom is -0.0414 e. The second kappa shape index (κ2) is 8.99. The first-order valence-corrected chi connectivity index (χ1v) is 8.23. The molecular formula is C18H38. The van der Waals surface area contributed by atoms with Gasteiger partial charge in [-0.1, -0.05) is 68.2 Å². The predicted molar refractivity (Wildman–Crippen MR) is 84.8 cm³/mol. The Kier molecular flexibility index (Phi) is 8.99. The Morgan fingerprint density at radius 2 is 1.06 bits per heavy atom. The average Bonchev–Trinajstić information content (AvgIpc) is 2.24. The largest absolute Gasteiger partial charge is 0.0628 e. The topological polar surface area (TPSA) is 0 Å². The molecule has 0 heteroatoms. The standard InChI is InChI=1S/C18H38/c1-13(2)9-10-16(6)18(8)12-15(5)11-17(7)14(3)4/h13-18H,9-12H2,1-8H3. The Hall–Kier alpha value is 0. The predicted octanol–water partition coefficient (Wildman–Crippen LogP) is 6.40. The summed E-state index contributed by atoms with van der Waals surface area (Å²) in [5.41, 5.74) is 0. The van der Waals surface area contributed by atoms with E-state index in [1.54, 1.807) is 0 Å². The van der Waals surface area contributed by atoms with Gasteiger partial charge in [0, 0.05) is 0 Å². The Balaban J connectivity index is 3.94. The van der Waals surface area contributed by atoms with E-state index in [0.717, 1.165) is 35.5 Å². The van der Waals surface area contributed by atoms with Gasteiger partial charge in [-0.15, -0.1) is 0 Å². The lowest BCUT2D eigenvalue weighted by molar-refractivity contribution is 0.247. The number of hydrogen-bond acceptors (Lipinski definition) is 0. The summed E-state index contributed by atoms with van der Waals surface area (Å²) in [6.07, 6.45) is 5.61. The summed E-state index contributed by atoms with van der Waals surface area (Å²) in [6.45, 7) is 19.2. The summed E-state index contributed by atoms with van der Waals surface area (Å²) in [5, 5.41) is 0. The number of rotatable bonds is 9. The highest BCUT2D eigenvalue weighted by atomic mass is 14.2. The SMILES string of the molecule is CC(C)CCC(C)C(C)CC(C)CC(C)C(C)C. The number of hydrogen-bond donors (Lipinski definition) is 0. The zero-order chi connectivity index (χ0) is 14.3. The van der Waals surface area contributed by atoms with Crippen molar-refractivity contribution in [3.63, 3.8) is 0 Å². The van der Waals surface area contributed by atoms with E-state index in [0.29, 0.717) is 0 Å². The Labute approximate surface area is 117 Å². The molecule has 0 amide bonds. The molecule has 0 spiro atoms. The minimum absolute atomic E-state index is 0.834. The van der Waals surface area contributed by atoms with Gasteiger partial charge in [0.05, 0.1) is 0 Å². The average molecular weight is 255 g/mol. The van der Waals surface area contributed by atoms with Gasteiger partial charge in [0.15, 0.2) is 0 Å². The normalized spacial score (nSPS) is 19.0. The van der Waals surface area contributed by atoms with Crippen molar-refractivity contribution in [3.8, 4) is 0 Å². The quantitative estimate of drug-likeness (QED) is 0.446. The first-order chi connectivity index (χ1) is 8.23. The third kappa shape index (κ3) is 8.16. The molecule has 0 N–H and O–H groups in total. The molecule has 0 aliphatic rings. The Morgan fingerprint density at radius 1 is 0.556 bits per heavy atom. The van der Waals surface area contributed by atoms with Gasteiger partial charge in [-0.3, -0.25) is 0 Å². The van der Waals surface area contributed by atoms with Crippen LogP contribution in [-0.4, -0.2) is 0 Å². The van der Waals surface area contributed by atoms with Gasteiger partial charge in [0.25, 0.3) is 0 Å².